The third-order valence-electron chi connectivity index (χ3n) is 11.8. The fraction of sp³-hybridized carbons (Fsp3) is 0.776. The number of allylic oxidation sites excluding steroid dienone is 10. The van der Waals surface area contributed by atoms with Crippen LogP contribution in [0, 0.1) is 0 Å². The molecule has 0 amide bonds. The van der Waals surface area contributed by atoms with Crippen LogP contribution in [0.3, 0.4) is 0 Å². The highest BCUT2D eigenvalue weighted by Crippen LogP contribution is 2.16. The molecular formula is C58H102O6. The quantitative estimate of drug-likeness (QED) is 0.0262. The van der Waals surface area contributed by atoms with Crippen molar-refractivity contribution in [1.29, 1.82) is 0 Å². The third kappa shape index (κ3) is 50.1. The first kappa shape index (κ1) is 61.1. The van der Waals surface area contributed by atoms with Gasteiger partial charge in [-0.25, -0.2) is 0 Å². The summed E-state index contributed by atoms with van der Waals surface area (Å²) in [4.78, 5) is 38.0. The zero-order valence-electron chi connectivity index (χ0n) is 42.3. The zero-order chi connectivity index (χ0) is 46.5. The van der Waals surface area contributed by atoms with Crippen molar-refractivity contribution in [2.24, 2.45) is 0 Å². The third-order valence-corrected chi connectivity index (χ3v) is 11.8. The van der Waals surface area contributed by atoms with E-state index in [4.69, 9.17) is 14.2 Å². The molecule has 0 aromatic heterocycles. The lowest BCUT2D eigenvalue weighted by Gasteiger charge is -2.18. The van der Waals surface area contributed by atoms with Gasteiger partial charge in [0.2, 0.25) is 0 Å². The summed E-state index contributed by atoms with van der Waals surface area (Å²) in [5, 5.41) is 0. The average Bonchev–Trinajstić information content (AvgIpc) is 3.29. The molecule has 0 N–H and O–H groups in total. The van der Waals surface area contributed by atoms with Crippen molar-refractivity contribution in [3.05, 3.63) is 60.8 Å². The summed E-state index contributed by atoms with van der Waals surface area (Å²) in [6.07, 6.45) is 65.1. The summed E-state index contributed by atoms with van der Waals surface area (Å²) in [5.41, 5.74) is 0. The molecule has 1 atom stereocenters. The van der Waals surface area contributed by atoms with E-state index in [-0.39, 0.29) is 37.5 Å². The van der Waals surface area contributed by atoms with Crippen LogP contribution in [-0.4, -0.2) is 37.2 Å². The Morgan fingerprint density at radius 2 is 0.641 bits per heavy atom. The van der Waals surface area contributed by atoms with Crippen molar-refractivity contribution in [3.63, 3.8) is 0 Å². The maximum atomic E-state index is 12.8. The van der Waals surface area contributed by atoms with Gasteiger partial charge in [0, 0.05) is 19.3 Å². The summed E-state index contributed by atoms with van der Waals surface area (Å²) < 4.78 is 16.8. The van der Waals surface area contributed by atoms with Gasteiger partial charge in [-0.15, -0.1) is 0 Å². The van der Waals surface area contributed by atoms with Crippen molar-refractivity contribution in [2.45, 2.75) is 277 Å². The van der Waals surface area contributed by atoms with E-state index in [1.807, 2.05) is 6.08 Å². The van der Waals surface area contributed by atoms with E-state index in [9.17, 15) is 14.4 Å². The lowest BCUT2D eigenvalue weighted by molar-refractivity contribution is -0.166. The number of unbranched alkanes of at least 4 members (excludes halogenated alkanes) is 28. The predicted molar refractivity (Wildman–Crippen MR) is 275 cm³/mol. The molecule has 0 aromatic rings. The molecule has 0 aliphatic rings. The monoisotopic (exact) mass is 895 g/mol. The van der Waals surface area contributed by atoms with Crippen LogP contribution in [0.15, 0.2) is 60.8 Å². The highest BCUT2D eigenvalue weighted by atomic mass is 16.6. The van der Waals surface area contributed by atoms with Crippen molar-refractivity contribution in [2.75, 3.05) is 13.2 Å². The van der Waals surface area contributed by atoms with Crippen LogP contribution >= 0.6 is 0 Å². The molecule has 0 aliphatic carbocycles. The lowest BCUT2D eigenvalue weighted by atomic mass is 10.0. The first-order valence-electron chi connectivity index (χ1n) is 27.3. The minimum Gasteiger partial charge on any atom is -0.462 e. The van der Waals surface area contributed by atoms with Crippen LogP contribution in [0.5, 0.6) is 0 Å². The van der Waals surface area contributed by atoms with Crippen LogP contribution in [0.1, 0.15) is 271 Å². The Morgan fingerprint density at radius 1 is 0.328 bits per heavy atom. The van der Waals surface area contributed by atoms with E-state index in [1.54, 1.807) is 0 Å². The summed E-state index contributed by atoms with van der Waals surface area (Å²) in [7, 11) is 0. The topological polar surface area (TPSA) is 78.9 Å². The summed E-state index contributed by atoms with van der Waals surface area (Å²) in [6.45, 7) is 6.48. The van der Waals surface area contributed by atoms with Gasteiger partial charge in [-0.1, -0.05) is 242 Å². The van der Waals surface area contributed by atoms with E-state index in [2.05, 4.69) is 75.5 Å². The Hall–Kier alpha value is -2.89. The lowest BCUT2D eigenvalue weighted by Crippen LogP contribution is -2.30. The fourth-order valence-electron chi connectivity index (χ4n) is 7.69. The summed E-state index contributed by atoms with van der Waals surface area (Å²) in [6, 6.07) is 0. The van der Waals surface area contributed by atoms with Gasteiger partial charge in [0.15, 0.2) is 6.10 Å². The number of rotatable bonds is 49. The second-order valence-electron chi connectivity index (χ2n) is 18.1. The first-order valence-corrected chi connectivity index (χ1v) is 27.3. The molecule has 370 valence electrons. The highest BCUT2D eigenvalue weighted by Gasteiger charge is 2.19. The normalized spacial score (nSPS) is 12.5. The molecule has 0 bridgehead atoms. The van der Waals surface area contributed by atoms with E-state index in [1.165, 1.54) is 141 Å². The molecule has 1 unspecified atom stereocenters. The minimum atomic E-state index is -0.801. The van der Waals surface area contributed by atoms with Gasteiger partial charge < -0.3 is 14.2 Å². The largest absolute Gasteiger partial charge is 0.462 e. The van der Waals surface area contributed by atoms with Gasteiger partial charge in [0.25, 0.3) is 0 Å². The van der Waals surface area contributed by atoms with Gasteiger partial charge in [-0.2, -0.15) is 0 Å². The van der Waals surface area contributed by atoms with E-state index >= 15 is 0 Å². The van der Waals surface area contributed by atoms with E-state index < -0.39 is 6.10 Å². The summed E-state index contributed by atoms with van der Waals surface area (Å²) in [5.74, 6) is -0.970. The molecule has 0 aromatic carbocycles. The number of hydrogen-bond acceptors (Lipinski definition) is 6. The molecule has 0 saturated heterocycles. The molecule has 6 nitrogen and oxygen atoms in total. The SMILES string of the molecule is CC/C=C/C/C=C/C/C=C/CCCCCCCCC(=O)OC(COC(=O)CC/C=C/C/C=C/CCCCCCCC)COC(=O)CCCCCCCCCCCCCCCCCCC. The van der Waals surface area contributed by atoms with Crippen molar-refractivity contribution < 1.29 is 28.6 Å². The first-order chi connectivity index (χ1) is 31.5. The van der Waals surface area contributed by atoms with Gasteiger partial charge in [-0.3, -0.25) is 14.4 Å². The molecule has 0 radical (unpaired) electrons. The molecule has 0 fully saturated rings. The Bertz CT molecular complexity index is 1170. The smallest absolute Gasteiger partial charge is 0.306 e. The average molecular weight is 895 g/mol. The predicted octanol–water partition coefficient (Wildman–Crippen LogP) is 18.0. The molecule has 0 saturated carbocycles. The van der Waals surface area contributed by atoms with Gasteiger partial charge in [0.1, 0.15) is 13.2 Å². The molecular weight excluding hydrogens is 793 g/mol. The van der Waals surface area contributed by atoms with Crippen LogP contribution in [0.25, 0.3) is 0 Å². The molecule has 64 heavy (non-hydrogen) atoms. The van der Waals surface area contributed by atoms with Crippen LogP contribution < -0.4 is 0 Å². The maximum absolute atomic E-state index is 12.8. The molecule has 0 rings (SSSR count). The van der Waals surface area contributed by atoms with Crippen molar-refractivity contribution >= 4 is 17.9 Å². The fourth-order valence-corrected chi connectivity index (χ4v) is 7.69. The van der Waals surface area contributed by atoms with Crippen molar-refractivity contribution in [3.8, 4) is 0 Å². The number of esters is 3. The van der Waals surface area contributed by atoms with Crippen LogP contribution in [-0.2, 0) is 28.6 Å². The van der Waals surface area contributed by atoms with Gasteiger partial charge in [0.05, 0.1) is 0 Å². The van der Waals surface area contributed by atoms with Crippen LogP contribution in [0.4, 0.5) is 0 Å². The van der Waals surface area contributed by atoms with Gasteiger partial charge in [-0.05, 0) is 70.6 Å². The zero-order valence-corrected chi connectivity index (χ0v) is 42.3. The maximum Gasteiger partial charge on any atom is 0.306 e. The molecule has 0 aliphatic heterocycles. The number of ether oxygens (including phenoxy) is 3. The molecule has 0 spiro atoms. The second-order valence-corrected chi connectivity index (χ2v) is 18.1. The Balaban J connectivity index is 4.42. The number of hydrogen-bond donors (Lipinski definition) is 0. The Labute approximate surface area is 396 Å². The molecule has 0 heterocycles. The van der Waals surface area contributed by atoms with Crippen molar-refractivity contribution in [1.82, 2.24) is 0 Å². The summed E-state index contributed by atoms with van der Waals surface area (Å²) >= 11 is 0. The number of carbonyl (C=O) groups is 3. The Morgan fingerprint density at radius 3 is 1.05 bits per heavy atom. The molecule has 6 heteroatoms. The Kier molecular flexibility index (Phi) is 50.4. The van der Waals surface area contributed by atoms with Crippen LogP contribution in [0.2, 0.25) is 0 Å². The van der Waals surface area contributed by atoms with Gasteiger partial charge >= 0.3 is 17.9 Å². The van der Waals surface area contributed by atoms with E-state index in [0.717, 1.165) is 83.5 Å². The van der Waals surface area contributed by atoms with E-state index in [0.29, 0.717) is 19.3 Å². The number of carbonyl (C=O) groups excluding carboxylic acids is 3. The minimum absolute atomic E-state index is 0.0944. The standard InChI is InChI=1S/C58H102O6/c1-4-7-10-13-16-19-22-25-27-29-31-33-36-39-42-45-48-51-57(60)63-54-55(53-62-56(59)50-47-44-41-38-35-32-24-21-18-15-12-9-6-3)64-58(61)52-49-46-43-40-37-34-30-28-26-23-20-17-14-11-8-5-2/h8,11,17,20,26,28,32,35,41,44,55H,4-7,9-10,12-16,18-19,21-25,27,29-31,33-34,36-40,42-43,45-54H2,1-3H3/b11-8+,20-17+,28-26+,35-32+,44-41+. The highest BCUT2D eigenvalue weighted by molar-refractivity contribution is 5.71. The second kappa shape index (κ2) is 52.7.